The van der Waals surface area contributed by atoms with E-state index in [4.69, 9.17) is 15.9 Å². The van der Waals surface area contributed by atoms with Gasteiger partial charge in [-0.1, -0.05) is 6.07 Å². The van der Waals surface area contributed by atoms with Crippen LogP contribution in [0.4, 0.5) is 13.2 Å². The molecular weight excluding hydrogens is 301 g/mol. The van der Waals surface area contributed by atoms with Crippen LogP contribution in [0, 0.1) is 5.41 Å². The number of hydrogen-bond acceptors (Lipinski definition) is 3. The molecule has 0 spiro atoms. The number of nitrogens with two attached hydrogens (primary N) is 1. The zero-order valence-corrected chi connectivity index (χ0v) is 11.7. The first-order chi connectivity index (χ1) is 9.88. The lowest BCUT2D eigenvalue weighted by Gasteiger charge is -2.15. The summed E-state index contributed by atoms with van der Waals surface area (Å²) in [5, 5.41) is 9.11. The summed E-state index contributed by atoms with van der Waals surface area (Å²) in [6, 6.07) is 7.16. The van der Waals surface area contributed by atoms with Gasteiger partial charge in [-0.25, -0.2) is 0 Å². The summed E-state index contributed by atoms with van der Waals surface area (Å²) in [5.74, 6) is -0.658. The van der Waals surface area contributed by atoms with Crippen molar-refractivity contribution >= 4 is 17.2 Å². The predicted molar refractivity (Wildman–Crippen MR) is 76.0 cm³/mol. The van der Waals surface area contributed by atoms with Crippen LogP contribution < -0.4 is 10.5 Å². The third-order valence-corrected chi connectivity index (χ3v) is 3.72. The van der Waals surface area contributed by atoms with Crippen LogP contribution in [0.3, 0.4) is 0 Å². The fourth-order valence-electron chi connectivity index (χ4n) is 1.76. The van der Waals surface area contributed by atoms with Gasteiger partial charge in [-0.05, 0) is 29.6 Å². The zero-order valence-electron chi connectivity index (χ0n) is 10.9. The summed E-state index contributed by atoms with van der Waals surface area (Å²) in [6.45, 7) is 0.156. The van der Waals surface area contributed by atoms with E-state index < -0.39 is 17.6 Å². The van der Waals surface area contributed by atoms with Crippen LogP contribution >= 0.6 is 11.3 Å². The van der Waals surface area contributed by atoms with E-state index in [2.05, 4.69) is 0 Å². The van der Waals surface area contributed by atoms with Gasteiger partial charge >= 0.3 is 6.18 Å². The van der Waals surface area contributed by atoms with Crippen molar-refractivity contribution < 1.29 is 17.9 Å². The Morgan fingerprint density at radius 2 is 2.05 bits per heavy atom. The number of ether oxygens (including phenoxy) is 1. The van der Waals surface area contributed by atoms with Gasteiger partial charge in [0.15, 0.2) is 0 Å². The van der Waals surface area contributed by atoms with Crippen LogP contribution in [-0.2, 0) is 12.6 Å². The van der Waals surface area contributed by atoms with E-state index in [9.17, 15) is 13.2 Å². The first kappa shape index (κ1) is 15.4. The van der Waals surface area contributed by atoms with Crippen LogP contribution in [-0.4, -0.2) is 12.4 Å². The Morgan fingerprint density at radius 3 is 2.62 bits per heavy atom. The second kappa shape index (κ2) is 6.17. The second-order valence-corrected chi connectivity index (χ2v) is 5.33. The first-order valence-electron chi connectivity index (χ1n) is 6.09. The van der Waals surface area contributed by atoms with Crippen LogP contribution in [0.1, 0.15) is 16.0 Å². The Hall–Kier alpha value is -2.02. The number of benzene rings is 1. The molecule has 0 atom stereocenters. The fraction of sp³-hybridized carbons (Fsp3) is 0.214. The highest BCUT2D eigenvalue weighted by Crippen LogP contribution is 2.36. The van der Waals surface area contributed by atoms with Gasteiger partial charge in [0.2, 0.25) is 0 Å². The van der Waals surface area contributed by atoms with Crippen molar-refractivity contribution in [3.05, 3.63) is 51.7 Å². The molecule has 0 aliphatic rings. The molecule has 3 N–H and O–H groups in total. The molecule has 1 heterocycles. The molecular formula is C14H13F3N2OS. The summed E-state index contributed by atoms with van der Waals surface area (Å²) >= 11 is 1.53. The van der Waals surface area contributed by atoms with Gasteiger partial charge in [0.25, 0.3) is 0 Å². The smallest absolute Gasteiger partial charge is 0.419 e. The average Bonchev–Trinajstić information content (AvgIpc) is 2.90. The number of nitrogen functional groups attached to an aromatic ring is 1. The van der Waals surface area contributed by atoms with E-state index in [0.717, 1.165) is 10.9 Å². The maximum Gasteiger partial charge on any atom is 0.419 e. The van der Waals surface area contributed by atoms with E-state index in [1.165, 1.54) is 23.5 Å². The average molecular weight is 314 g/mol. The molecule has 1 aromatic carbocycles. The van der Waals surface area contributed by atoms with E-state index in [1.54, 1.807) is 0 Å². The molecule has 0 saturated carbocycles. The van der Waals surface area contributed by atoms with Gasteiger partial charge in [-0.3, -0.25) is 5.41 Å². The third kappa shape index (κ3) is 3.98. The van der Waals surface area contributed by atoms with E-state index in [1.807, 2.05) is 17.5 Å². The molecule has 0 unspecified atom stereocenters. The Balaban J connectivity index is 2.16. The quantitative estimate of drug-likeness (QED) is 0.653. The maximum absolute atomic E-state index is 13.0. The molecule has 1 aromatic heterocycles. The molecule has 0 aliphatic carbocycles. The van der Waals surface area contributed by atoms with Crippen molar-refractivity contribution in [3.8, 4) is 5.75 Å². The summed E-state index contributed by atoms with van der Waals surface area (Å²) in [5.41, 5.74) is 4.32. The lowest BCUT2D eigenvalue weighted by molar-refractivity contribution is -0.138. The summed E-state index contributed by atoms with van der Waals surface area (Å²) in [6.07, 6.45) is -4.01. The highest BCUT2D eigenvalue weighted by molar-refractivity contribution is 7.09. The fourth-order valence-corrected chi connectivity index (χ4v) is 2.45. The maximum atomic E-state index is 13.0. The molecule has 112 valence electrons. The molecule has 0 bridgehead atoms. The van der Waals surface area contributed by atoms with Gasteiger partial charge in [0, 0.05) is 16.9 Å². The lowest BCUT2D eigenvalue weighted by atomic mass is 10.1. The van der Waals surface area contributed by atoms with Gasteiger partial charge < -0.3 is 10.5 Å². The molecule has 21 heavy (non-hydrogen) atoms. The van der Waals surface area contributed by atoms with E-state index in [0.29, 0.717) is 6.42 Å². The topological polar surface area (TPSA) is 59.1 Å². The number of nitrogens with one attached hydrogen (secondary N) is 1. The predicted octanol–water partition coefficient (Wildman–Crippen LogP) is 3.67. The highest BCUT2D eigenvalue weighted by Gasteiger charge is 2.34. The summed E-state index contributed by atoms with van der Waals surface area (Å²) in [7, 11) is 0. The van der Waals surface area contributed by atoms with Crippen LogP contribution in [0.15, 0.2) is 35.7 Å². The number of hydrogen-bond donors (Lipinski definition) is 2. The standard InChI is InChI=1S/C14H13F3N2OS/c15-14(16,17)11-8-9(13(18)19)3-4-12(11)20-6-5-10-2-1-7-21-10/h1-4,7-8H,5-6H2,(H3,18,19). The summed E-state index contributed by atoms with van der Waals surface area (Å²) < 4.78 is 44.3. The number of rotatable bonds is 5. The van der Waals surface area contributed by atoms with Crippen molar-refractivity contribution in [2.75, 3.05) is 6.61 Å². The SMILES string of the molecule is N=C(N)c1ccc(OCCc2cccs2)c(C(F)(F)F)c1. The molecule has 0 radical (unpaired) electrons. The Labute approximate surface area is 123 Å². The highest BCUT2D eigenvalue weighted by atomic mass is 32.1. The largest absolute Gasteiger partial charge is 0.493 e. The van der Waals surface area contributed by atoms with Crippen molar-refractivity contribution in [2.45, 2.75) is 12.6 Å². The number of alkyl halides is 3. The molecule has 0 saturated heterocycles. The normalized spacial score (nSPS) is 11.4. The van der Waals surface area contributed by atoms with E-state index >= 15 is 0 Å². The van der Waals surface area contributed by atoms with Gasteiger partial charge in [0.05, 0.1) is 12.2 Å². The zero-order chi connectivity index (χ0) is 15.5. The molecule has 0 aliphatic heterocycles. The lowest BCUT2D eigenvalue weighted by Crippen LogP contribution is -2.15. The first-order valence-corrected chi connectivity index (χ1v) is 6.96. The minimum absolute atomic E-state index is 0.0212. The minimum atomic E-state index is -4.55. The molecule has 3 nitrogen and oxygen atoms in total. The monoisotopic (exact) mass is 314 g/mol. The molecule has 2 aromatic rings. The number of thiophene rings is 1. The Bertz CT molecular complexity index is 624. The van der Waals surface area contributed by atoms with Crippen molar-refractivity contribution in [3.63, 3.8) is 0 Å². The molecule has 0 fully saturated rings. The van der Waals surface area contributed by atoms with Crippen molar-refractivity contribution in [1.29, 1.82) is 5.41 Å². The van der Waals surface area contributed by atoms with Gasteiger partial charge in [-0.2, -0.15) is 13.2 Å². The van der Waals surface area contributed by atoms with Crippen molar-refractivity contribution in [2.24, 2.45) is 5.73 Å². The Morgan fingerprint density at radius 1 is 1.29 bits per heavy atom. The van der Waals surface area contributed by atoms with Gasteiger partial charge in [0.1, 0.15) is 11.6 Å². The van der Waals surface area contributed by atoms with Gasteiger partial charge in [-0.15, -0.1) is 11.3 Å². The van der Waals surface area contributed by atoms with Crippen LogP contribution in [0.2, 0.25) is 0 Å². The third-order valence-electron chi connectivity index (χ3n) is 2.78. The van der Waals surface area contributed by atoms with Crippen LogP contribution in [0.25, 0.3) is 0 Å². The molecule has 2 rings (SSSR count). The molecule has 7 heteroatoms. The molecule has 0 amide bonds. The number of amidine groups is 1. The second-order valence-electron chi connectivity index (χ2n) is 4.30. The van der Waals surface area contributed by atoms with Crippen LogP contribution in [0.5, 0.6) is 5.75 Å². The Kier molecular flexibility index (Phi) is 4.52. The van der Waals surface area contributed by atoms with Crippen molar-refractivity contribution in [1.82, 2.24) is 0 Å². The van der Waals surface area contributed by atoms with E-state index in [-0.39, 0.29) is 17.9 Å². The minimum Gasteiger partial charge on any atom is -0.493 e. The summed E-state index contributed by atoms with van der Waals surface area (Å²) in [4.78, 5) is 1.05. The number of halogens is 3.